The second-order valence-corrected chi connectivity index (χ2v) is 7.27. The number of hydrogen-bond acceptors (Lipinski definition) is 4. The van der Waals surface area contributed by atoms with Crippen molar-refractivity contribution in [3.8, 4) is 0 Å². The van der Waals surface area contributed by atoms with Gasteiger partial charge in [-0.3, -0.25) is 0 Å². The normalized spacial score (nSPS) is 11.0. The Hall–Kier alpha value is -3.19. The summed E-state index contributed by atoms with van der Waals surface area (Å²) in [5.41, 5.74) is 1.43. The number of nitrogens with one attached hydrogen (secondary N) is 1. The Balaban J connectivity index is 1.95. The number of pyridine rings is 1. The van der Waals surface area contributed by atoms with Gasteiger partial charge in [0.25, 0.3) is 10.0 Å². The van der Waals surface area contributed by atoms with Gasteiger partial charge < -0.3 is 0 Å². The van der Waals surface area contributed by atoms with Gasteiger partial charge in [-0.25, -0.2) is 27.8 Å². The summed E-state index contributed by atoms with van der Waals surface area (Å²) in [5, 5.41) is 0. The number of sulfonamides is 1. The number of rotatable bonds is 4. The molecule has 0 unspecified atom stereocenters. The maximum absolute atomic E-state index is 12.8. The average Bonchev–Trinajstić information content (AvgIpc) is 2.63. The lowest BCUT2D eigenvalue weighted by atomic mass is 10.2. The van der Waals surface area contributed by atoms with Crippen molar-refractivity contribution in [2.75, 3.05) is 4.90 Å². The van der Waals surface area contributed by atoms with Crippen molar-refractivity contribution in [1.82, 2.24) is 9.71 Å². The lowest BCUT2D eigenvalue weighted by molar-refractivity contribution is 0.253. The number of benzene rings is 2. The SMILES string of the molecule is Cc1ccc(S(=O)(=O)NC(=O)N(c2ccccc2)c2ccccn2)cc1. The number of urea groups is 1. The van der Waals surface area contributed by atoms with Gasteiger partial charge in [-0.05, 0) is 43.3 Å². The van der Waals surface area contributed by atoms with E-state index in [0.29, 0.717) is 11.5 Å². The first-order valence-corrected chi connectivity index (χ1v) is 9.35. The number of aromatic nitrogens is 1. The largest absolute Gasteiger partial charge is 0.341 e. The van der Waals surface area contributed by atoms with E-state index in [1.165, 1.54) is 23.2 Å². The number of carbonyl (C=O) groups is 1. The quantitative estimate of drug-likeness (QED) is 0.764. The molecule has 0 aliphatic carbocycles. The van der Waals surface area contributed by atoms with Gasteiger partial charge in [0, 0.05) is 6.20 Å². The van der Waals surface area contributed by atoms with Gasteiger partial charge in [-0.1, -0.05) is 42.0 Å². The van der Waals surface area contributed by atoms with Crippen LogP contribution in [0.25, 0.3) is 0 Å². The number of aryl methyl sites for hydroxylation is 1. The van der Waals surface area contributed by atoms with Gasteiger partial charge >= 0.3 is 6.03 Å². The third kappa shape index (κ3) is 3.89. The number of carbonyl (C=O) groups excluding carboxylic acids is 1. The molecular weight excluding hydrogens is 350 g/mol. The molecule has 7 heteroatoms. The molecule has 132 valence electrons. The molecule has 0 atom stereocenters. The summed E-state index contributed by atoms with van der Waals surface area (Å²) in [7, 11) is -4.01. The van der Waals surface area contributed by atoms with Crippen LogP contribution in [0.3, 0.4) is 0 Å². The van der Waals surface area contributed by atoms with E-state index in [1.54, 1.807) is 60.7 Å². The Morgan fingerprint density at radius 3 is 2.19 bits per heavy atom. The van der Waals surface area contributed by atoms with Crippen molar-refractivity contribution in [1.29, 1.82) is 0 Å². The molecule has 3 rings (SSSR count). The monoisotopic (exact) mass is 367 g/mol. The minimum atomic E-state index is -4.01. The van der Waals surface area contributed by atoms with E-state index in [0.717, 1.165) is 5.56 Å². The minimum Gasteiger partial charge on any atom is -0.247 e. The fourth-order valence-electron chi connectivity index (χ4n) is 2.35. The maximum atomic E-state index is 12.8. The molecule has 1 heterocycles. The number of anilines is 2. The molecule has 6 nitrogen and oxygen atoms in total. The van der Waals surface area contributed by atoms with E-state index >= 15 is 0 Å². The smallest absolute Gasteiger partial charge is 0.247 e. The standard InChI is InChI=1S/C19H17N3O3S/c1-15-10-12-17(13-11-15)26(24,25)21-19(23)22(16-7-3-2-4-8-16)18-9-5-6-14-20-18/h2-14H,1H3,(H,21,23). The molecule has 0 saturated heterocycles. The van der Waals surface area contributed by atoms with Crippen molar-refractivity contribution in [2.24, 2.45) is 0 Å². The topological polar surface area (TPSA) is 79.4 Å². The molecule has 0 aliphatic heterocycles. The average molecular weight is 367 g/mol. The van der Waals surface area contributed by atoms with Crippen molar-refractivity contribution < 1.29 is 13.2 Å². The predicted molar refractivity (Wildman–Crippen MR) is 99.7 cm³/mol. The fourth-order valence-corrected chi connectivity index (χ4v) is 3.29. The summed E-state index contributed by atoms with van der Waals surface area (Å²) in [4.78, 5) is 18.2. The maximum Gasteiger partial charge on any atom is 0.341 e. The van der Waals surface area contributed by atoms with Crippen LogP contribution >= 0.6 is 0 Å². The third-order valence-electron chi connectivity index (χ3n) is 3.65. The van der Waals surface area contributed by atoms with E-state index in [1.807, 2.05) is 6.92 Å². The van der Waals surface area contributed by atoms with Crippen LogP contribution in [0.2, 0.25) is 0 Å². The zero-order valence-corrected chi connectivity index (χ0v) is 14.8. The molecule has 0 aliphatic rings. The summed E-state index contributed by atoms with van der Waals surface area (Å²) in [6.45, 7) is 1.85. The van der Waals surface area contributed by atoms with Crippen molar-refractivity contribution in [3.05, 3.63) is 84.6 Å². The van der Waals surface area contributed by atoms with E-state index in [4.69, 9.17) is 0 Å². The van der Waals surface area contributed by atoms with Crippen molar-refractivity contribution in [3.63, 3.8) is 0 Å². The van der Waals surface area contributed by atoms with Crippen LogP contribution in [0, 0.1) is 6.92 Å². The number of para-hydroxylation sites is 1. The minimum absolute atomic E-state index is 0.0190. The molecule has 0 fully saturated rings. The van der Waals surface area contributed by atoms with Gasteiger partial charge in [0.2, 0.25) is 0 Å². The number of nitrogens with zero attached hydrogens (tertiary/aromatic N) is 2. The van der Waals surface area contributed by atoms with Gasteiger partial charge in [0.1, 0.15) is 5.82 Å². The molecule has 0 radical (unpaired) electrons. The molecular formula is C19H17N3O3S. The summed E-state index contributed by atoms with van der Waals surface area (Å²) in [6.07, 6.45) is 1.53. The van der Waals surface area contributed by atoms with Crippen molar-refractivity contribution in [2.45, 2.75) is 11.8 Å². The van der Waals surface area contributed by atoms with E-state index in [-0.39, 0.29) is 4.90 Å². The highest BCUT2D eigenvalue weighted by molar-refractivity contribution is 7.90. The Kier molecular flexibility index (Phi) is 4.99. The highest BCUT2D eigenvalue weighted by Gasteiger charge is 2.25. The van der Waals surface area contributed by atoms with E-state index in [2.05, 4.69) is 9.71 Å². The summed E-state index contributed by atoms with van der Waals surface area (Å²) in [6, 6.07) is 19.2. The van der Waals surface area contributed by atoms with Crippen LogP contribution in [-0.4, -0.2) is 19.4 Å². The number of amides is 2. The van der Waals surface area contributed by atoms with Crippen LogP contribution in [0.4, 0.5) is 16.3 Å². The molecule has 1 N–H and O–H groups in total. The van der Waals surface area contributed by atoms with Crippen molar-refractivity contribution >= 4 is 27.6 Å². The van der Waals surface area contributed by atoms with Gasteiger partial charge in [-0.2, -0.15) is 0 Å². The predicted octanol–water partition coefficient (Wildman–Crippen LogP) is 3.63. The summed E-state index contributed by atoms with van der Waals surface area (Å²) in [5.74, 6) is 0.315. The first kappa shape index (κ1) is 17.6. The first-order chi connectivity index (χ1) is 12.5. The Labute approximate surface area is 152 Å². The van der Waals surface area contributed by atoms with Crippen LogP contribution in [0.5, 0.6) is 0 Å². The zero-order valence-electron chi connectivity index (χ0n) is 14.0. The van der Waals surface area contributed by atoms with Crippen LogP contribution in [-0.2, 0) is 10.0 Å². The fraction of sp³-hybridized carbons (Fsp3) is 0.0526. The van der Waals surface area contributed by atoms with Gasteiger partial charge in [0.05, 0.1) is 10.6 Å². The van der Waals surface area contributed by atoms with Gasteiger partial charge in [-0.15, -0.1) is 0 Å². The molecule has 3 aromatic rings. The molecule has 1 aromatic heterocycles. The first-order valence-electron chi connectivity index (χ1n) is 7.87. The number of hydrogen-bond donors (Lipinski definition) is 1. The second-order valence-electron chi connectivity index (χ2n) is 5.58. The van der Waals surface area contributed by atoms with Gasteiger partial charge in [0.15, 0.2) is 0 Å². The zero-order chi connectivity index (χ0) is 18.6. The molecule has 0 saturated carbocycles. The Morgan fingerprint density at radius 2 is 1.58 bits per heavy atom. The van der Waals surface area contributed by atoms with Crippen LogP contribution in [0.1, 0.15) is 5.56 Å². The molecule has 26 heavy (non-hydrogen) atoms. The van der Waals surface area contributed by atoms with Crippen LogP contribution < -0.4 is 9.62 Å². The lowest BCUT2D eigenvalue weighted by Gasteiger charge is -2.22. The van der Waals surface area contributed by atoms with E-state index < -0.39 is 16.1 Å². The molecule has 2 amide bonds. The molecule has 2 aromatic carbocycles. The molecule has 0 spiro atoms. The second kappa shape index (κ2) is 7.37. The lowest BCUT2D eigenvalue weighted by Crippen LogP contribution is -2.40. The highest BCUT2D eigenvalue weighted by Crippen LogP contribution is 2.23. The third-order valence-corrected chi connectivity index (χ3v) is 4.98. The Bertz CT molecular complexity index is 950. The summed E-state index contributed by atoms with van der Waals surface area (Å²) < 4.78 is 27.2. The molecule has 0 bridgehead atoms. The Morgan fingerprint density at radius 1 is 0.923 bits per heavy atom. The van der Waals surface area contributed by atoms with Crippen LogP contribution in [0.15, 0.2) is 83.9 Å². The van der Waals surface area contributed by atoms with E-state index in [9.17, 15) is 13.2 Å². The summed E-state index contributed by atoms with van der Waals surface area (Å²) >= 11 is 0. The highest BCUT2D eigenvalue weighted by atomic mass is 32.2.